The van der Waals surface area contributed by atoms with Gasteiger partial charge in [-0.3, -0.25) is 4.90 Å². The van der Waals surface area contributed by atoms with Gasteiger partial charge in [0.25, 0.3) is 0 Å². The highest BCUT2D eigenvalue weighted by molar-refractivity contribution is 5.49. The van der Waals surface area contributed by atoms with Gasteiger partial charge in [-0.15, -0.1) is 0 Å². The Morgan fingerprint density at radius 2 is 2.17 bits per heavy atom. The number of piperidine rings is 1. The minimum Gasteiger partial charge on any atom is -0.493 e. The average Bonchev–Trinajstić information content (AvgIpc) is 2.73. The van der Waals surface area contributed by atoms with Crippen molar-refractivity contribution in [2.24, 2.45) is 11.8 Å². The summed E-state index contributed by atoms with van der Waals surface area (Å²) in [5.74, 6) is -6.85. The van der Waals surface area contributed by atoms with Crippen molar-refractivity contribution in [3.8, 4) is 11.5 Å². The molecule has 2 heterocycles. The van der Waals surface area contributed by atoms with Crippen molar-refractivity contribution in [2.75, 3.05) is 27.1 Å². The van der Waals surface area contributed by atoms with Gasteiger partial charge in [0.1, 0.15) is 0 Å². The van der Waals surface area contributed by atoms with Crippen molar-refractivity contribution < 1.29 is 40.6 Å². The van der Waals surface area contributed by atoms with E-state index in [0.29, 0.717) is 0 Å². The van der Waals surface area contributed by atoms with Crippen LogP contribution in [0.1, 0.15) is 69.8 Å². The van der Waals surface area contributed by atoms with E-state index >= 15 is 0 Å². The third-order valence-corrected chi connectivity index (χ3v) is 3.27. The summed E-state index contributed by atoms with van der Waals surface area (Å²) in [4.78, 5) is -0.353. The Balaban J connectivity index is 2.69. The van der Waals surface area contributed by atoms with Gasteiger partial charge < -0.3 is 14.6 Å². The van der Waals surface area contributed by atoms with Crippen LogP contribution in [0.25, 0.3) is 0 Å². The Morgan fingerprint density at radius 1 is 1.43 bits per heavy atom. The number of benzene rings is 1. The molecule has 0 aromatic heterocycles. The van der Waals surface area contributed by atoms with E-state index in [4.69, 9.17) is 29.4 Å². The van der Waals surface area contributed by atoms with Crippen LogP contribution in [0.3, 0.4) is 0 Å². The molecule has 4 heteroatoms. The molecule has 1 fully saturated rings. The van der Waals surface area contributed by atoms with Crippen molar-refractivity contribution in [3.05, 3.63) is 23.2 Å². The van der Waals surface area contributed by atoms with Crippen molar-refractivity contribution in [2.45, 2.75) is 45.1 Å². The molecule has 0 bridgehead atoms. The average molecular weight is 339 g/mol. The van der Waals surface area contributed by atoms with E-state index in [1.165, 1.54) is 13.8 Å². The first-order chi connectivity index (χ1) is 18.3. The van der Waals surface area contributed by atoms with Gasteiger partial charge in [0.15, 0.2) is 11.5 Å². The fourth-order valence-corrected chi connectivity index (χ4v) is 2.29. The summed E-state index contributed by atoms with van der Waals surface area (Å²) in [6.45, 7) is -4.80. The molecule has 0 spiro atoms. The van der Waals surface area contributed by atoms with Gasteiger partial charge in [0.2, 0.25) is 0 Å². The molecule has 0 radical (unpaired) electrons. The molecule has 1 aromatic rings. The molecule has 2 aliphatic rings. The fraction of sp³-hybridized carbons (Fsp3) is 0.684. The molecule has 0 aliphatic carbocycles. The maximum absolute atomic E-state index is 11.3. The first-order valence-electron chi connectivity index (χ1n) is 16.4. The van der Waals surface area contributed by atoms with Gasteiger partial charge >= 0.3 is 0 Å². The lowest BCUT2D eigenvalue weighted by Gasteiger charge is -2.46. The van der Waals surface area contributed by atoms with Gasteiger partial charge in [-0.05, 0) is 54.2 Å². The molecular formula is C19H29NO3. The monoisotopic (exact) mass is 338 g/mol. The zero-order valence-electron chi connectivity index (χ0n) is 31.5. The molecule has 128 valence electrons. The summed E-state index contributed by atoms with van der Waals surface area (Å²) in [6, 6.07) is -6.85. The Morgan fingerprint density at radius 3 is 2.87 bits per heavy atom. The number of rotatable bonds is 4. The predicted octanol–water partition coefficient (Wildman–Crippen LogP) is 3.03. The number of fused-ring (bicyclic) bond motifs is 3. The molecule has 3 unspecified atom stereocenters. The number of ether oxygens (including phenoxy) is 2. The van der Waals surface area contributed by atoms with Crippen molar-refractivity contribution in [3.63, 3.8) is 0 Å². The van der Waals surface area contributed by atoms with Gasteiger partial charge in [0.05, 0.1) is 33.9 Å². The fourth-order valence-electron chi connectivity index (χ4n) is 2.29. The molecule has 1 aromatic carbocycles. The maximum Gasteiger partial charge on any atom is 0.161 e. The molecule has 23 heavy (non-hydrogen) atoms. The predicted molar refractivity (Wildman–Crippen MR) is 91.1 cm³/mol. The zero-order valence-corrected chi connectivity index (χ0v) is 12.5. The van der Waals surface area contributed by atoms with E-state index in [9.17, 15) is 6.48 Å². The second-order valence-electron chi connectivity index (χ2n) is 5.45. The van der Waals surface area contributed by atoms with Gasteiger partial charge in [-0.2, -0.15) is 0 Å². The van der Waals surface area contributed by atoms with Gasteiger partial charge in [0, 0.05) is 31.3 Å². The van der Waals surface area contributed by atoms with Crippen LogP contribution in [0, 0.1) is 11.8 Å². The largest absolute Gasteiger partial charge is 0.493 e. The SMILES string of the molecule is [2H]c1c(OC([2H])([2H])[2H])c(OC([2H])([2H])[2H])c([2H])c2c1C([2H])([2H])C([2H])([2H])N1C([2H])([2H])C([2H])(CC(C)C)C([2H])(O)C([2H])([2H])C21[2H]. The smallest absolute Gasteiger partial charge is 0.161 e. The Labute approximate surface area is 166 Å². The number of nitrogens with zero attached hydrogens (tertiary/aromatic N) is 1. The van der Waals surface area contributed by atoms with Crippen molar-refractivity contribution >= 4 is 0 Å². The minimum absolute atomic E-state index is 0.353. The van der Waals surface area contributed by atoms with Gasteiger partial charge in [-0.1, -0.05) is 13.8 Å². The van der Waals surface area contributed by atoms with E-state index in [-0.39, 0.29) is 4.90 Å². The molecule has 0 amide bonds. The first-order valence-corrected chi connectivity index (χ1v) is 6.88. The van der Waals surface area contributed by atoms with Crippen LogP contribution in [0.4, 0.5) is 0 Å². The van der Waals surface area contributed by atoms with Crippen LogP contribution in [0.15, 0.2) is 12.1 Å². The highest BCUT2D eigenvalue weighted by Gasteiger charge is 2.38. The Kier molecular flexibility index (Phi) is 1.49. The molecule has 3 atom stereocenters. The zero-order chi connectivity index (χ0) is 33.2. The second-order valence-corrected chi connectivity index (χ2v) is 5.45. The van der Waals surface area contributed by atoms with E-state index in [1.54, 1.807) is 0 Å². The topological polar surface area (TPSA) is 41.9 Å². The van der Waals surface area contributed by atoms with Crippen LogP contribution in [0.5, 0.6) is 11.5 Å². The van der Waals surface area contributed by atoms with E-state index < -0.39 is 105 Å². The number of hydrogen-bond donors (Lipinski definition) is 1. The quantitative estimate of drug-likeness (QED) is 0.916. The molecular weight excluding hydrogens is 290 g/mol. The van der Waals surface area contributed by atoms with E-state index in [1.807, 2.05) is 0 Å². The Hall–Kier alpha value is -1.26. The molecule has 0 saturated carbocycles. The third-order valence-electron chi connectivity index (χ3n) is 3.27. The molecule has 1 saturated heterocycles. The van der Waals surface area contributed by atoms with Crippen LogP contribution < -0.4 is 9.47 Å². The summed E-state index contributed by atoms with van der Waals surface area (Å²) in [5.41, 5.74) is -2.84. The summed E-state index contributed by atoms with van der Waals surface area (Å²) in [5, 5.41) is 11.3. The lowest BCUT2D eigenvalue weighted by Crippen LogP contribution is -2.48. The first kappa shape index (κ1) is 5.12. The molecule has 2 aliphatic heterocycles. The van der Waals surface area contributed by atoms with E-state index in [2.05, 4.69) is 4.74 Å². The molecule has 1 N–H and O–H groups in total. The third kappa shape index (κ3) is 3.20. The van der Waals surface area contributed by atoms with Crippen LogP contribution in [-0.2, 0) is 6.37 Å². The lowest BCUT2D eigenvalue weighted by atomic mass is 9.79. The minimum atomic E-state index is -3.99. The Bertz CT molecular complexity index is 1270. The summed E-state index contributed by atoms with van der Waals surface area (Å²) >= 11 is 0. The number of hydrogen-bond acceptors (Lipinski definition) is 4. The summed E-state index contributed by atoms with van der Waals surface area (Å²) in [7, 11) is -6.99. The normalized spacial score (nSPS) is 59.0. The van der Waals surface area contributed by atoms with Crippen molar-refractivity contribution in [1.82, 2.24) is 4.90 Å². The van der Waals surface area contributed by atoms with Crippen LogP contribution in [-0.4, -0.2) is 43.2 Å². The highest BCUT2D eigenvalue weighted by Crippen LogP contribution is 2.43. The number of methoxy groups -OCH3 is 2. The van der Waals surface area contributed by atoms with Crippen LogP contribution in [0.2, 0.25) is 0 Å². The second kappa shape index (κ2) is 6.70. The molecule has 3 rings (SSSR count). The van der Waals surface area contributed by atoms with E-state index in [0.717, 1.165) is 0 Å². The maximum atomic E-state index is 11.3. The highest BCUT2D eigenvalue weighted by atomic mass is 16.5. The van der Waals surface area contributed by atoms with Crippen molar-refractivity contribution in [1.29, 1.82) is 0 Å². The standard InChI is InChI=1S/C19H29NO3/c1-12(2)7-14-11-20-6-5-13-8-18(22-3)19(23-4)9-15(13)16(20)10-17(14)21/h8-9,12,14,16-17,21H,5-7,10-11H2,1-4H3/i3D3,4D3,5D2,6D2,8D,9D,10D2,11D2,14D,16D,17D. The summed E-state index contributed by atoms with van der Waals surface area (Å²) in [6.07, 6.45) is -12.4. The van der Waals surface area contributed by atoms with Gasteiger partial charge in [-0.25, -0.2) is 0 Å². The lowest BCUT2D eigenvalue weighted by molar-refractivity contribution is -0.0191. The number of aliphatic hydroxyl groups is 1. The molecule has 4 nitrogen and oxygen atoms in total. The van der Waals surface area contributed by atoms with Crippen LogP contribution >= 0.6 is 0 Å². The summed E-state index contributed by atoms with van der Waals surface area (Å²) < 4.78 is 168.